The molecule has 4 saturated carbocycles. The molecule has 2 aromatic rings. The average Bonchev–Trinajstić information content (AvgIpc) is 3.53. The molecule has 204 valence electrons. The minimum atomic E-state index is -0.729. The molecule has 0 aliphatic heterocycles. The average molecular weight is 526 g/mol. The van der Waals surface area contributed by atoms with Crippen molar-refractivity contribution in [2.75, 3.05) is 13.7 Å². The number of nitrogens with two attached hydrogens (primary N) is 1. The van der Waals surface area contributed by atoms with Gasteiger partial charge in [0.15, 0.2) is 5.82 Å². The molecule has 0 aromatic carbocycles. The fourth-order valence-corrected chi connectivity index (χ4v) is 6.92. The molecule has 12 nitrogen and oxygen atoms in total. The zero-order valence-corrected chi connectivity index (χ0v) is 21.9. The quantitative estimate of drug-likeness (QED) is 0.478. The largest absolute Gasteiger partial charge is 0.453 e. The van der Waals surface area contributed by atoms with Crippen molar-refractivity contribution < 1.29 is 23.9 Å². The smallest absolute Gasteiger partial charge is 0.407 e. The van der Waals surface area contributed by atoms with Crippen LogP contribution in [0.3, 0.4) is 0 Å². The van der Waals surface area contributed by atoms with Gasteiger partial charge in [-0.1, -0.05) is 0 Å². The van der Waals surface area contributed by atoms with Gasteiger partial charge >= 0.3 is 12.2 Å². The van der Waals surface area contributed by atoms with E-state index in [0.29, 0.717) is 35.7 Å². The highest BCUT2D eigenvalue weighted by atomic mass is 16.5. The molecule has 4 aliphatic rings. The number of aromatic nitrogens is 4. The van der Waals surface area contributed by atoms with Gasteiger partial charge in [-0.2, -0.15) is 10.2 Å². The topological polar surface area (TPSA) is 155 Å². The molecule has 2 aromatic heterocycles. The van der Waals surface area contributed by atoms with Gasteiger partial charge in [0, 0.05) is 30.1 Å². The first kappa shape index (κ1) is 25.8. The van der Waals surface area contributed by atoms with Crippen molar-refractivity contribution in [3.63, 3.8) is 0 Å². The summed E-state index contributed by atoms with van der Waals surface area (Å²) >= 11 is 0. The van der Waals surface area contributed by atoms with E-state index in [1.165, 1.54) is 13.3 Å². The summed E-state index contributed by atoms with van der Waals surface area (Å²) < 4.78 is 13.1. The van der Waals surface area contributed by atoms with E-state index in [2.05, 4.69) is 20.8 Å². The number of ether oxygens (including phenoxy) is 2. The second-order valence-corrected chi connectivity index (χ2v) is 11.5. The van der Waals surface area contributed by atoms with Crippen LogP contribution in [-0.2, 0) is 9.47 Å². The fraction of sp³-hybridized carbons (Fsp3) is 0.577. The van der Waals surface area contributed by atoms with Crippen molar-refractivity contribution in [1.29, 1.82) is 0 Å². The number of hydrogen-bond donors (Lipinski definition) is 3. The molecule has 0 spiro atoms. The molecular formula is C26H35N7O5. The van der Waals surface area contributed by atoms with Crippen LogP contribution in [0.5, 0.6) is 0 Å². The van der Waals surface area contributed by atoms with Gasteiger partial charge < -0.3 is 25.8 Å². The zero-order valence-electron chi connectivity index (χ0n) is 21.9. The number of amides is 3. The number of alkyl carbamates (subject to hydrolysis) is 1. The molecule has 12 heteroatoms. The molecule has 38 heavy (non-hydrogen) atoms. The van der Waals surface area contributed by atoms with E-state index < -0.39 is 17.7 Å². The molecule has 4 bridgehead atoms. The number of hydrogen-bond acceptors (Lipinski definition) is 7. The maximum absolute atomic E-state index is 13.7. The summed E-state index contributed by atoms with van der Waals surface area (Å²) in [4.78, 5) is 36.6. The van der Waals surface area contributed by atoms with Gasteiger partial charge in [0.25, 0.3) is 5.91 Å². The molecule has 6 rings (SSSR count). The van der Waals surface area contributed by atoms with Gasteiger partial charge in [-0.25, -0.2) is 19.0 Å². The fourth-order valence-electron chi connectivity index (χ4n) is 6.92. The van der Waals surface area contributed by atoms with Crippen LogP contribution < -0.4 is 16.4 Å². The van der Waals surface area contributed by atoms with Crippen molar-refractivity contribution in [1.82, 2.24) is 30.2 Å². The van der Waals surface area contributed by atoms with Crippen molar-refractivity contribution >= 4 is 24.3 Å². The van der Waals surface area contributed by atoms with Crippen LogP contribution in [0.15, 0.2) is 30.7 Å². The minimum Gasteiger partial charge on any atom is -0.453 e. The number of nitrogens with zero attached hydrogens (tertiary/aromatic N) is 4. The summed E-state index contributed by atoms with van der Waals surface area (Å²) in [7, 11) is 1.31. The standard InChI is InChI=1S/C26H35N7O5/c1-25(2,31-24(36)37-3)5-8-33-22(32-7-4-6-28-32)19(14-29-33)21(34)30-20-17-9-16-10-18(20)13-26(11-16,12-17)15-38-23(27)35/h4-8,14,16-18,20H,9-13,15H2,1-3H3,(H2,27,35)(H,30,34)(H,31,36). The first-order valence-corrected chi connectivity index (χ1v) is 12.9. The van der Waals surface area contributed by atoms with E-state index in [4.69, 9.17) is 15.2 Å². The molecular weight excluding hydrogens is 490 g/mol. The van der Waals surface area contributed by atoms with Crippen LogP contribution in [0, 0.1) is 23.2 Å². The summed E-state index contributed by atoms with van der Waals surface area (Å²) in [6.45, 7) is 3.99. The Morgan fingerprint density at radius 1 is 1.21 bits per heavy atom. The lowest BCUT2D eigenvalue weighted by atomic mass is 9.48. The van der Waals surface area contributed by atoms with Crippen LogP contribution in [0.25, 0.3) is 12.0 Å². The molecule has 4 fully saturated rings. The highest BCUT2D eigenvalue weighted by molar-refractivity contribution is 5.97. The van der Waals surface area contributed by atoms with E-state index >= 15 is 0 Å². The number of carbonyl (C=O) groups excluding carboxylic acids is 3. The summed E-state index contributed by atoms with van der Waals surface area (Å²) in [5, 5.41) is 14.8. The van der Waals surface area contributed by atoms with Gasteiger partial charge in [-0.3, -0.25) is 4.79 Å². The highest BCUT2D eigenvalue weighted by Crippen LogP contribution is 2.60. The summed E-state index contributed by atoms with van der Waals surface area (Å²) in [5.41, 5.74) is 4.89. The van der Waals surface area contributed by atoms with Crippen LogP contribution >= 0.6 is 0 Å². The van der Waals surface area contributed by atoms with Gasteiger partial charge in [-0.15, -0.1) is 0 Å². The van der Waals surface area contributed by atoms with Crippen LogP contribution in [0.2, 0.25) is 0 Å². The Bertz CT molecular complexity index is 1220. The lowest BCUT2D eigenvalue weighted by Crippen LogP contribution is -2.60. The lowest BCUT2D eigenvalue weighted by molar-refractivity contribution is -0.0977. The number of primary amides is 1. The minimum absolute atomic E-state index is 0.0340. The van der Waals surface area contributed by atoms with Crippen molar-refractivity contribution in [2.45, 2.75) is 57.5 Å². The first-order valence-electron chi connectivity index (χ1n) is 12.9. The number of methoxy groups -OCH3 is 1. The third-order valence-corrected chi connectivity index (χ3v) is 8.20. The first-order chi connectivity index (χ1) is 18.1. The van der Waals surface area contributed by atoms with Crippen LogP contribution in [0.4, 0.5) is 9.59 Å². The molecule has 4 N–H and O–H groups in total. The molecule has 2 heterocycles. The SMILES string of the molecule is COC(=O)NC(C)(C)C=Cn1ncc(C(=O)NC2C3CC4CC2CC(COC(N)=O)(C4)C3)c1-n1cccn1. The van der Waals surface area contributed by atoms with Crippen LogP contribution in [0.1, 0.15) is 56.3 Å². The maximum Gasteiger partial charge on any atom is 0.407 e. The van der Waals surface area contributed by atoms with E-state index in [1.807, 2.05) is 13.8 Å². The Balaban J connectivity index is 1.35. The van der Waals surface area contributed by atoms with Gasteiger partial charge in [-0.05, 0) is 75.8 Å². The van der Waals surface area contributed by atoms with Gasteiger partial charge in [0.05, 0.1) is 25.5 Å². The Labute approximate surface area is 220 Å². The molecule has 2 unspecified atom stereocenters. The van der Waals surface area contributed by atoms with E-state index in [1.54, 1.807) is 40.1 Å². The van der Waals surface area contributed by atoms with Crippen molar-refractivity contribution in [3.05, 3.63) is 36.3 Å². The Hall–Kier alpha value is -3.83. The predicted octanol–water partition coefficient (Wildman–Crippen LogP) is 2.69. The Morgan fingerprint density at radius 2 is 1.95 bits per heavy atom. The second-order valence-electron chi connectivity index (χ2n) is 11.5. The van der Waals surface area contributed by atoms with E-state index in [-0.39, 0.29) is 17.4 Å². The number of carbonyl (C=O) groups is 3. The molecule has 3 amide bonds. The zero-order chi connectivity index (χ0) is 27.1. The second kappa shape index (κ2) is 9.80. The normalized spacial score (nSPS) is 27.9. The van der Waals surface area contributed by atoms with Crippen molar-refractivity contribution in [2.24, 2.45) is 28.9 Å². The third-order valence-electron chi connectivity index (χ3n) is 8.20. The van der Waals surface area contributed by atoms with E-state index in [0.717, 1.165) is 32.1 Å². The van der Waals surface area contributed by atoms with Gasteiger partial charge in [0.1, 0.15) is 5.56 Å². The maximum atomic E-state index is 13.7. The Morgan fingerprint density at radius 3 is 2.58 bits per heavy atom. The molecule has 0 radical (unpaired) electrons. The van der Waals surface area contributed by atoms with Crippen LogP contribution in [-0.4, -0.2) is 63.0 Å². The monoisotopic (exact) mass is 525 g/mol. The molecule has 0 saturated heterocycles. The van der Waals surface area contributed by atoms with Crippen molar-refractivity contribution in [3.8, 4) is 5.82 Å². The lowest BCUT2D eigenvalue weighted by Gasteiger charge is -2.59. The third kappa shape index (κ3) is 5.11. The summed E-state index contributed by atoms with van der Waals surface area (Å²) in [6, 6.07) is 1.82. The summed E-state index contributed by atoms with van der Waals surface area (Å²) in [5.74, 6) is 1.53. The van der Waals surface area contributed by atoms with E-state index in [9.17, 15) is 14.4 Å². The highest BCUT2D eigenvalue weighted by Gasteiger charge is 2.56. The molecule has 2 atom stereocenters. The molecule has 4 aliphatic carbocycles. The number of nitrogens with one attached hydrogen (secondary N) is 2. The van der Waals surface area contributed by atoms with Gasteiger partial charge in [0.2, 0.25) is 0 Å². The Kier molecular flexibility index (Phi) is 6.66. The summed E-state index contributed by atoms with van der Waals surface area (Å²) in [6.07, 6.45) is 12.1. The predicted molar refractivity (Wildman–Crippen MR) is 137 cm³/mol. The number of rotatable bonds is 8.